The largest absolute Gasteiger partial charge is 0.479 e. The number of nitrogens with one attached hydrogen (secondary N) is 1. The van der Waals surface area contributed by atoms with E-state index in [-0.39, 0.29) is 0 Å². The second-order valence-corrected chi connectivity index (χ2v) is 7.77. The molecule has 1 aromatic carbocycles. The van der Waals surface area contributed by atoms with Crippen LogP contribution in [0, 0.1) is 0 Å². The molecule has 1 aliphatic carbocycles. The van der Waals surface area contributed by atoms with E-state index in [1.165, 1.54) is 0 Å². The molecule has 120 valence electrons. The molecule has 0 aromatic heterocycles. The summed E-state index contributed by atoms with van der Waals surface area (Å²) in [7, 11) is 0. The van der Waals surface area contributed by atoms with Crippen LogP contribution < -0.4 is 5.32 Å². The summed E-state index contributed by atoms with van der Waals surface area (Å²) in [6.07, 6.45) is -0.383. The molecule has 0 radical (unpaired) electrons. The Hall–Kier alpha value is -1.56. The quantitative estimate of drug-likeness (QED) is 0.855. The van der Waals surface area contributed by atoms with Crippen LogP contribution in [0.1, 0.15) is 39.7 Å². The van der Waals surface area contributed by atoms with Gasteiger partial charge >= 0.3 is 12.1 Å². The molecule has 1 aliphatic rings. The predicted octanol–water partition coefficient (Wildman–Crippen LogP) is 3.46. The number of carbonyl (C=O) groups is 2. The van der Waals surface area contributed by atoms with Crippen LogP contribution in [-0.2, 0) is 14.9 Å². The van der Waals surface area contributed by atoms with Crippen molar-refractivity contribution in [3.05, 3.63) is 34.3 Å². The SMILES string of the molecule is CC(C)(C)OC(=O)NC1(C(=O)O)CC1(C)c1ccc(Br)cc1. The van der Waals surface area contributed by atoms with E-state index in [2.05, 4.69) is 21.2 Å². The Kier molecular flexibility index (Phi) is 4.02. The smallest absolute Gasteiger partial charge is 0.408 e. The molecule has 6 heteroatoms. The summed E-state index contributed by atoms with van der Waals surface area (Å²) in [5.41, 5.74) is -1.79. The van der Waals surface area contributed by atoms with Crippen LogP contribution in [0.25, 0.3) is 0 Å². The molecule has 2 N–H and O–H groups in total. The molecule has 2 rings (SSSR count). The number of halogens is 1. The van der Waals surface area contributed by atoms with E-state index >= 15 is 0 Å². The highest BCUT2D eigenvalue weighted by atomic mass is 79.9. The number of carboxylic acid groups (broad SMARTS) is 1. The van der Waals surface area contributed by atoms with Gasteiger partial charge in [0.1, 0.15) is 5.60 Å². The number of aliphatic carboxylic acids is 1. The first kappa shape index (κ1) is 16.8. The van der Waals surface area contributed by atoms with Gasteiger partial charge < -0.3 is 15.2 Å². The van der Waals surface area contributed by atoms with Crippen LogP contribution in [0.3, 0.4) is 0 Å². The van der Waals surface area contributed by atoms with E-state index in [0.717, 1.165) is 10.0 Å². The molecule has 1 amide bonds. The third kappa shape index (κ3) is 2.97. The van der Waals surface area contributed by atoms with Crippen LogP contribution in [0.4, 0.5) is 4.79 Å². The number of ether oxygens (including phenoxy) is 1. The highest BCUT2D eigenvalue weighted by Crippen LogP contribution is 2.57. The summed E-state index contributed by atoms with van der Waals surface area (Å²) in [4.78, 5) is 23.7. The van der Waals surface area contributed by atoms with Crippen LogP contribution in [0.5, 0.6) is 0 Å². The fourth-order valence-corrected chi connectivity index (χ4v) is 2.94. The van der Waals surface area contributed by atoms with Crippen molar-refractivity contribution in [1.29, 1.82) is 0 Å². The zero-order chi connectivity index (χ0) is 16.8. The average Bonchev–Trinajstić information content (AvgIpc) is 2.95. The lowest BCUT2D eigenvalue weighted by atomic mass is 9.92. The molecule has 2 unspecified atom stereocenters. The van der Waals surface area contributed by atoms with Crippen LogP contribution in [0.2, 0.25) is 0 Å². The molecule has 0 spiro atoms. The van der Waals surface area contributed by atoms with Gasteiger partial charge in [-0.15, -0.1) is 0 Å². The maximum atomic E-state index is 12.0. The maximum absolute atomic E-state index is 12.0. The molecular weight excluding hydrogens is 350 g/mol. The normalized spacial score (nSPS) is 27.1. The minimum Gasteiger partial charge on any atom is -0.479 e. The number of benzene rings is 1. The number of alkyl carbamates (subject to hydrolysis) is 1. The Labute approximate surface area is 138 Å². The van der Waals surface area contributed by atoms with E-state index in [4.69, 9.17) is 4.74 Å². The summed E-state index contributed by atoms with van der Waals surface area (Å²) in [5.74, 6) is -1.05. The fraction of sp³-hybridized carbons (Fsp3) is 0.500. The lowest BCUT2D eigenvalue weighted by molar-refractivity contribution is -0.141. The van der Waals surface area contributed by atoms with E-state index in [1.54, 1.807) is 20.8 Å². The second-order valence-electron chi connectivity index (χ2n) is 6.85. The molecule has 22 heavy (non-hydrogen) atoms. The molecule has 1 saturated carbocycles. The fourth-order valence-electron chi connectivity index (χ4n) is 2.68. The number of amides is 1. The van der Waals surface area contributed by atoms with E-state index < -0.39 is 28.6 Å². The van der Waals surface area contributed by atoms with E-state index in [1.807, 2.05) is 31.2 Å². The van der Waals surface area contributed by atoms with Gasteiger partial charge in [-0.05, 0) is 44.9 Å². The molecule has 2 atom stereocenters. The Morgan fingerprint density at radius 2 is 1.82 bits per heavy atom. The van der Waals surface area contributed by atoms with Crippen molar-refractivity contribution >= 4 is 28.0 Å². The Balaban J connectivity index is 2.24. The van der Waals surface area contributed by atoms with Crippen molar-refractivity contribution in [2.24, 2.45) is 0 Å². The average molecular weight is 370 g/mol. The number of hydrogen-bond acceptors (Lipinski definition) is 3. The first-order chi connectivity index (χ1) is 10.0. The molecule has 1 fully saturated rings. The molecule has 1 aromatic rings. The monoisotopic (exact) mass is 369 g/mol. The lowest BCUT2D eigenvalue weighted by Gasteiger charge is -2.24. The van der Waals surface area contributed by atoms with Gasteiger partial charge in [0.25, 0.3) is 0 Å². The van der Waals surface area contributed by atoms with Crippen LogP contribution >= 0.6 is 15.9 Å². The molecule has 5 nitrogen and oxygen atoms in total. The van der Waals surface area contributed by atoms with Gasteiger partial charge in [-0.2, -0.15) is 0 Å². The Bertz CT molecular complexity index is 608. The zero-order valence-electron chi connectivity index (χ0n) is 13.1. The molecule has 0 bridgehead atoms. The topological polar surface area (TPSA) is 75.6 Å². The van der Waals surface area contributed by atoms with Crippen molar-refractivity contribution in [1.82, 2.24) is 5.32 Å². The third-order valence-electron chi connectivity index (χ3n) is 4.00. The number of hydrogen-bond donors (Lipinski definition) is 2. The Morgan fingerprint density at radius 1 is 1.27 bits per heavy atom. The van der Waals surface area contributed by atoms with Crippen LogP contribution in [0.15, 0.2) is 28.7 Å². The number of carbonyl (C=O) groups excluding carboxylic acids is 1. The van der Waals surface area contributed by atoms with Gasteiger partial charge in [-0.3, -0.25) is 0 Å². The second kappa shape index (κ2) is 5.26. The predicted molar refractivity (Wildman–Crippen MR) is 85.8 cm³/mol. The highest BCUT2D eigenvalue weighted by molar-refractivity contribution is 9.10. The zero-order valence-corrected chi connectivity index (χ0v) is 14.7. The van der Waals surface area contributed by atoms with Crippen molar-refractivity contribution in [2.45, 2.75) is 50.7 Å². The first-order valence-corrected chi connectivity index (χ1v) is 7.80. The summed E-state index contributed by atoms with van der Waals surface area (Å²) in [6.45, 7) is 7.05. The lowest BCUT2D eigenvalue weighted by Crippen LogP contribution is -2.49. The van der Waals surface area contributed by atoms with Gasteiger partial charge in [0.2, 0.25) is 0 Å². The van der Waals surface area contributed by atoms with Gasteiger partial charge in [-0.25, -0.2) is 9.59 Å². The summed E-state index contributed by atoms with van der Waals surface area (Å²) in [6, 6.07) is 7.45. The minimum atomic E-state index is -1.33. The summed E-state index contributed by atoms with van der Waals surface area (Å²) < 4.78 is 6.11. The van der Waals surface area contributed by atoms with Crippen molar-refractivity contribution in [3.63, 3.8) is 0 Å². The van der Waals surface area contributed by atoms with Gasteiger partial charge in [-0.1, -0.05) is 35.0 Å². The van der Waals surface area contributed by atoms with Crippen LogP contribution in [-0.4, -0.2) is 28.3 Å². The van der Waals surface area contributed by atoms with Crippen molar-refractivity contribution in [2.75, 3.05) is 0 Å². The van der Waals surface area contributed by atoms with Crippen molar-refractivity contribution in [3.8, 4) is 0 Å². The number of carboxylic acids is 1. The standard InChI is InChI=1S/C16H20BrNO4/c1-14(2,3)22-13(21)18-16(12(19)20)9-15(16,4)10-5-7-11(17)8-6-10/h5-8H,9H2,1-4H3,(H,18,21)(H,19,20). The minimum absolute atomic E-state index is 0.330. The Morgan fingerprint density at radius 3 is 2.27 bits per heavy atom. The summed E-state index contributed by atoms with van der Waals surface area (Å²) in [5, 5.41) is 12.2. The molecule has 0 saturated heterocycles. The summed E-state index contributed by atoms with van der Waals surface area (Å²) >= 11 is 3.36. The molecule has 0 heterocycles. The molecular formula is C16H20BrNO4. The van der Waals surface area contributed by atoms with E-state index in [0.29, 0.717) is 6.42 Å². The third-order valence-corrected chi connectivity index (χ3v) is 4.53. The molecule has 0 aliphatic heterocycles. The van der Waals surface area contributed by atoms with Gasteiger partial charge in [0, 0.05) is 9.89 Å². The van der Waals surface area contributed by atoms with Gasteiger partial charge in [0.15, 0.2) is 5.54 Å². The highest BCUT2D eigenvalue weighted by Gasteiger charge is 2.71. The first-order valence-electron chi connectivity index (χ1n) is 7.01. The van der Waals surface area contributed by atoms with Crippen molar-refractivity contribution < 1.29 is 19.4 Å². The number of rotatable bonds is 3. The van der Waals surface area contributed by atoms with E-state index in [9.17, 15) is 14.7 Å². The maximum Gasteiger partial charge on any atom is 0.408 e. The van der Waals surface area contributed by atoms with Gasteiger partial charge in [0.05, 0.1) is 0 Å².